The van der Waals surface area contributed by atoms with E-state index in [2.05, 4.69) is 10.3 Å². The van der Waals surface area contributed by atoms with E-state index in [1.54, 1.807) is 18.2 Å². The highest BCUT2D eigenvalue weighted by Crippen LogP contribution is 2.27. The van der Waals surface area contributed by atoms with Gasteiger partial charge >= 0.3 is 11.2 Å². The Labute approximate surface area is 166 Å². The van der Waals surface area contributed by atoms with E-state index in [9.17, 15) is 14.9 Å². The van der Waals surface area contributed by atoms with E-state index < -0.39 is 16.2 Å². The first-order valence-electron chi connectivity index (χ1n) is 9.14. The van der Waals surface area contributed by atoms with Crippen LogP contribution in [0.1, 0.15) is 17.2 Å². The third kappa shape index (κ3) is 3.84. The van der Waals surface area contributed by atoms with E-state index in [0.717, 1.165) is 11.1 Å². The number of hydrogen-bond acceptors (Lipinski definition) is 5. The second-order valence-electron chi connectivity index (χ2n) is 6.60. The number of fused-ring (bicyclic) bond motifs is 1. The molecule has 0 aliphatic heterocycles. The van der Waals surface area contributed by atoms with Crippen LogP contribution < -0.4 is 10.9 Å². The zero-order valence-corrected chi connectivity index (χ0v) is 15.4. The van der Waals surface area contributed by atoms with Crippen LogP contribution in [0, 0.1) is 10.1 Å². The van der Waals surface area contributed by atoms with Crippen molar-refractivity contribution < 1.29 is 4.92 Å². The van der Waals surface area contributed by atoms with Gasteiger partial charge in [-0.2, -0.15) is 0 Å². The molecular formula is C22H18N4O3. The summed E-state index contributed by atoms with van der Waals surface area (Å²) in [5, 5.41) is 14.8. The van der Waals surface area contributed by atoms with Crippen molar-refractivity contribution in [3.63, 3.8) is 0 Å². The van der Waals surface area contributed by atoms with E-state index in [-0.39, 0.29) is 11.9 Å². The molecule has 0 bridgehead atoms. The molecule has 0 saturated heterocycles. The van der Waals surface area contributed by atoms with Gasteiger partial charge in [0.05, 0.1) is 11.0 Å². The Kier molecular flexibility index (Phi) is 5.03. The first-order chi connectivity index (χ1) is 14.1. The fourth-order valence-electron chi connectivity index (χ4n) is 3.30. The number of nitrogens with zero attached hydrogens (tertiary/aromatic N) is 3. The first-order valence-corrected chi connectivity index (χ1v) is 9.14. The summed E-state index contributed by atoms with van der Waals surface area (Å²) >= 11 is 0. The molecule has 144 valence electrons. The van der Waals surface area contributed by atoms with Gasteiger partial charge in [0.1, 0.15) is 5.65 Å². The summed E-state index contributed by atoms with van der Waals surface area (Å²) in [5.41, 5.74) is 1.07. The molecule has 1 atom stereocenters. The van der Waals surface area contributed by atoms with Crippen LogP contribution in [-0.4, -0.2) is 14.3 Å². The van der Waals surface area contributed by atoms with Crippen molar-refractivity contribution in [3.8, 4) is 0 Å². The second kappa shape index (κ2) is 7.93. The summed E-state index contributed by atoms with van der Waals surface area (Å²) in [6.07, 6.45) is 2.05. The zero-order valence-electron chi connectivity index (χ0n) is 15.4. The van der Waals surface area contributed by atoms with Crippen LogP contribution >= 0.6 is 0 Å². The molecule has 2 aromatic heterocycles. The third-order valence-electron chi connectivity index (χ3n) is 4.69. The van der Waals surface area contributed by atoms with Gasteiger partial charge in [0.15, 0.2) is 0 Å². The van der Waals surface area contributed by atoms with Crippen LogP contribution in [0.25, 0.3) is 5.65 Å². The summed E-state index contributed by atoms with van der Waals surface area (Å²) in [5.74, 6) is -0.0315. The molecule has 29 heavy (non-hydrogen) atoms. The second-order valence-corrected chi connectivity index (χ2v) is 6.60. The summed E-state index contributed by atoms with van der Waals surface area (Å²) < 4.78 is 1.18. The molecular weight excluding hydrogens is 368 g/mol. The molecule has 0 spiro atoms. The minimum Gasteiger partial charge on any atom is -0.357 e. The molecule has 4 rings (SSSR count). The van der Waals surface area contributed by atoms with Crippen LogP contribution in [0.15, 0.2) is 89.9 Å². The molecule has 2 heterocycles. The highest BCUT2D eigenvalue weighted by molar-refractivity contribution is 5.60. The van der Waals surface area contributed by atoms with Crippen LogP contribution in [0.3, 0.4) is 0 Å². The van der Waals surface area contributed by atoms with Gasteiger partial charge in [-0.15, -0.1) is 0 Å². The first kappa shape index (κ1) is 18.4. The number of anilines is 1. The monoisotopic (exact) mass is 386 g/mol. The van der Waals surface area contributed by atoms with Crippen LogP contribution in [-0.2, 0) is 6.42 Å². The third-order valence-corrected chi connectivity index (χ3v) is 4.69. The van der Waals surface area contributed by atoms with Gasteiger partial charge in [0.25, 0.3) is 0 Å². The lowest BCUT2D eigenvalue weighted by molar-refractivity contribution is -0.385. The molecule has 0 aliphatic rings. The normalized spacial score (nSPS) is 11.9. The van der Waals surface area contributed by atoms with Crippen molar-refractivity contribution in [1.82, 2.24) is 9.38 Å². The Hall–Kier alpha value is -4.00. The number of hydrogen-bond donors (Lipinski definition) is 1. The molecule has 0 radical (unpaired) electrons. The van der Waals surface area contributed by atoms with Crippen molar-refractivity contribution in [2.24, 2.45) is 0 Å². The number of nitro groups is 1. The number of benzene rings is 2. The average Bonchev–Trinajstić information content (AvgIpc) is 2.74. The van der Waals surface area contributed by atoms with Gasteiger partial charge in [-0.3, -0.25) is 19.3 Å². The lowest BCUT2D eigenvalue weighted by atomic mass is 9.99. The molecule has 0 aliphatic carbocycles. The summed E-state index contributed by atoms with van der Waals surface area (Å²) in [6, 6.07) is 24.1. The van der Waals surface area contributed by atoms with Crippen LogP contribution in [0.5, 0.6) is 0 Å². The van der Waals surface area contributed by atoms with Crippen LogP contribution in [0.4, 0.5) is 11.5 Å². The maximum absolute atomic E-state index is 12.7. The minimum absolute atomic E-state index is 0.0315. The van der Waals surface area contributed by atoms with Crippen molar-refractivity contribution in [2.75, 3.05) is 5.32 Å². The predicted octanol–water partition coefficient (Wildman–Crippen LogP) is 4.00. The molecule has 1 N–H and O–H groups in total. The molecule has 7 heteroatoms. The Morgan fingerprint density at radius 1 is 0.966 bits per heavy atom. The van der Waals surface area contributed by atoms with Crippen molar-refractivity contribution >= 4 is 17.2 Å². The van der Waals surface area contributed by atoms with Gasteiger partial charge in [-0.25, -0.2) is 4.98 Å². The maximum atomic E-state index is 12.7. The Balaban J connectivity index is 1.81. The Bertz CT molecular complexity index is 1210. The molecule has 7 nitrogen and oxygen atoms in total. The molecule has 0 fully saturated rings. The number of aromatic nitrogens is 2. The van der Waals surface area contributed by atoms with E-state index in [1.807, 2.05) is 60.7 Å². The number of pyridine rings is 1. The summed E-state index contributed by atoms with van der Waals surface area (Å²) in [4.78, 5) is 28.1. The highest BCUT2D eigenvalue weighted by Gasteiger charge is 2.26. The number of nitrogens with one attached hydrogen (secondary N) is 1. The lowest BCUT2D eigenvalue weighted by Gasteiger charge is -2.20. The van der Waals surface area contributed by atoms with Gasteiger partial charge in [0, 0.05) is 6.20 Å². The van der Waals surface area contributed by atoms with E-state index in [1.165, 1.54) is 10.6 Å². The van der Waals surface area contributed by atoms with Gasteiger partial charge < -0.3 is 5.32 Å². The van der Waals surface area contributed by atoms with Gasteiger partial charge in [-0.05, 0) is 29.7 Å². The smallest absolute Gasteiger partial charge is 0.357 e. The minimum atomic E-state index is -0.713. The predicted molar refractivity (Wildman–Crippen MR) is 111 cm³/mol. The van der Waals surface area contributed by atoms with E-state index >= 15 is 0 Å². The zero-order chi connectivity index (χ0) is 20.2. The molecule has 1 unspecified atom stereocenters. The lowest BCUT2D eigenvalue weighted by Crippen LogP contribution is -2.23. The fourth-order valence-corrected chi connectivity index (χ4v) is 3.30. The van der Waals surface area contributed by atoms with Crippen molar-refractivity contribution in [2.45, 2.75) is 12.5 Å². The number of rotatable bonds is 6. The van der Waals surface area contributed by atoms with E-state index in [4.69, 9.17) is 0 Å². The summed E-state index contributed by atoms with van der Waals surface area (Å²) in [7, 11) is 0. The average molecular weight is 386 g/mol. The quantitative estimate of drug-likeness (QED) is 0.400. The Morgan fingerprint density at radius 2 is 1.62 bits per heavy atom. The maximum Gasteiger partial charge on any atom is 0.376 e. The summed E-state index contributed by atoms with van der Waals surface area (Å²) in [6.45, 7) is 0. The van der Waals surface area contributed by atoms with Crippen molar-refractivity contribution in [3.05, 3.63) is 117 Å². The molecule has 0 amide bonds. The van der Waals surface area contributed by atoms with Crippen LogP contribution in [0.2, 0.25) is 0 Å². The standard InChI is InChI=1S/C22H18N4O3/c27-22-20(26(28)29)21(24-19-13-7-8-14-25(19)22)23-18(17-11-5-2-6-12-17)15-16-9-3-1-4-10-16/h1-14,18,23H,15H2. The van der Waals surface area contributed by atoms with Gasteiger partial charge in [-0.1, -0.05) is 66.7 Å². The molecule has 2 aromatic carbocycles. The van der Waals surface area contributed by atoms with Gasteiger partial charge in [0.2, 0.25) is 5.82 Å². The fraction of sp³-hybridized carbons (Fsp3) is 0.0909. The molecule has 4 aromatic rings. The largest absolute Gasteiger partial charge is 0.376 e. The molecule has 0 saturated carbocycles. The van der Waals surface area contributed by atoms with E-state index in [0.29, 0.717) is 12.1 Å². The van der Waals surface area contributed by atoms with Crippen molar-refractivity contribution in [1.29, 1.82) is 0 Å². The Morgan fingerprint density at radius 3 is 2.31 bits per heavy atom. The SMILES string of the molecule is O=c1c([N+](=O)[O-])c(NC(Cc2ccccc2)c2ccccc2)nc2ccccn12. The highest BCUT2D eigenvalue weighted by atomic mass is 16.6. The topological polar surface area (TPSA) is 89.5 Å².